The number of carbonyl (C=O) groups excluding carboxylic acids is 1. The highest BCUT2D eigenvalue weighted by Crippen LogP contribution is 2.37. The first kappa shape index (κ1) is 24.8. The van der Waals surface area contributed by atoms with Gasteiger partial charge in [0.25, 0.3) is 5.69 Å². The van der Waals surface area contributed by atoms with Crippen LogP contribution in [0.5, 0.6) is 0 Å². The molecular weight excluding hydrogens is 483 g/mol. The molecule has 0 aliphatic rings. The average molecular weight is 509 g/mol. The summed E-state index contributed by atoms with van der Waals surface area (Å²) < 4.78 is 16.3. The van der Waals surface area contributed by atoms with Gasteiger partial charge in [0.2, 0.25) is 5.91 Å². The monoisotopic (exact) mass is 508 g/mol. The Labute approximate surface area is 218 Å². The van der Waals surface area contributed by atoms with Gasteiger partial charge in [0.1, 0.15) is 5.82 Å². The number of hydrogen-bond donors (Lipinski definition) is 1. The number of nitrogens with zero attached hydrogens (tertiary/aromatic N) is 3. The molecule has 0 aliphatic heterocycles. The molecule has 1 atom stereocenters. The summed E-state index contributed by atoms with van der Waals surface area (Å²) in [6.07, 6.45) is 5.28. The van der Waals surface area contributed by atoms with Crippen molar-refractivity contribution in [1.82, 2.24) is 14.9 Å². The molecule has 190 valence electrons. The van der Waals surface area contributed by atoms with Crippen LogP contribution >= 0.6 is 0 Å². The Morgan fingerprint density at radius 1 is 0.974 bits per heavy atom. The van der Waals surface area contributed by atoms with E-state index in [1.54, 1.807) is 30.6 Å². The largest absolute Gasteiger partial charge is 0.352 e. The number of pyridine rings is 1. The molecule has 0 radical (unpaired) electrons. The Morgan fingerprint density at radius 3 is 2.50 bits per heavy atom. The molecule has 0 fully saturated rings. The van der Waals surface area contributed by atoms with E-state index in [-0.39, 0.29) is 18.0 Å². The van der Waals surface area contributed by atoms with Crippen LogP contribution < -0.4 is 5.32 Å². The van der Waals surface area contributed by atoms with Gasteiger partial charge in [0, 0.05) is 67.1 Å². The second-order valence-electron chi connectivity index (χ2n) is 9.10. The van der Waals surface area contributed by atoms with E-state index in [1.165, 1.54) is 24.3 Å². The molecule has 3 aromatic carbocycles. The summed E-state index contributed by atoms with van der Waals surface area (Å²) in [7, 11) is 0. The third-order valence-corrected chi connectivity index (χ3v) is 6.56. The number of hydrogen-bond acceptors (Lipinski definition) is 4. The minimum Gasteiger partial charge on any atom is -0.352 e. The smallest absolute Gasteiger partial charge is 0.270 e. The number of aromatic nitrogens is 2. The standard InChI is InChI=1S/C30H25FN4O3/c31-24-8-4-7-23(15-24)26(17-30(36)33-18-21-11-13-32-14-12-21)28-20-34(19-22-5-2-1-3-6-22)29-10-9-25(35(37)38)16-27(28)29/h1-16,20,26H,17-19H2,(H,33,36). The minimum absolute atomic E-state index is 0.0433. The van der Waals surface area contributed by atoms with E-state index in [9.17, 15) is 19.3 Å². The van der Waals surface area contributed by atoms with Gasteiger partial charge in [-0.3, -0.25) is 19.9 Å². The van der Waals surface area contributed by atoms with Crippen LogP contribution in [0.15, 0.2) is 104 Å². The molecule has 2 aromatic heterocycles. The van der Waals surface area contributed by atoms with Gasteiger partial charge in [-0.2, -0.15) is 0 Å². The first-order valence-corrected chi connectivity index (χ1v) is 12.2. The van der Waals surface area contributed by atoms with Crippen molar-refractivity contribution in [3.8, 4) is 0 Å². The topological polar surface area (TPSA) is 90.1 Å². The van der Waals surface area contributed by atoms with Gasteiger partial charge >= 0.3 is 0 Å². The Hall–Kier alpha value is -4.85. The van der Waals surface area contributed by atoms with Crippen LogP contribution in [0.1, 0.15) is 34.6 Å². The zero-order chi connectivity index (χ0) is 26.5. The maximum Gasteiger partial charge on any atom is 0.270 e. The van der Waals surface area contributed by atoms with Crippen molar-refractivity contribution < 1.29 is 14.1 Å². The Morgan fingerprint density at radius 2 is 1.76 bits per heavy atom. The van der Waals surface area contributed by atoms with E-state index in [2.05, 4.69) is 10.3 Å². The Balaban J connectivity index is 1.57. The van der Waals surface area contributed by atoms with Crippen LogP contribution in [-0.2, 0) is 17.9 Å². The maximum atomic E-state index is 14.3. The average Bonchev–Trinajstić information content (AvgIpc) is 3.28. The molecule has 0 spiro atoms. The summed E-state index contributed by atoms with van der Waals surface area (Å²) in [5.41, 5.74) is 4.07. The molecule has 0 saturated carbocycles. The number of rotatable bonds is 9. The van der Waals surface area contributed by atoms with Crippen LogP contribution in [0.2, 0.25) is 0 Å². The molecule has 0 aliphatic carbocycles. The third kappa shape index (κ3) is 5.59. The predicted octanol–water partition coefficient (Wildman–Crippen LogP) is 5.97. The second-order valence-corrected chi connectivity index (χ2v) is 9.10. The van der Waals surface area contributed by atoms with E-state index in [0.717, 1.165) is 22.2 Å². The summed E-state index contributed by atoms with van der Waals surface area (Å²) in [6, 6.07) is 24.4. The first-order chi connectivity index (χ1) is 18.5. The van der Waals surface area contributed by atoms with Crippen molar-refractivity contribution >= 4 is 22.5 Å². The lowest BCUT2D eigenvalue weighted by molar-refractivity contribution is -0.384. The molecule has 1 unspecified atom stereocenters. The lowest BCUT2D eigenvalue weighted by atomic mass is 9.88. The van der Waals surface area contributed by atoms with Crippen molar-refractivity contribution in [3.63, 3.8) is 0 Å². The van der Waals surface area contributed by atoms with Gasteiger partial charge in [0.15, 0.2) is 0 Å². The second kappa shape index (κ2) is 11.0. The minimum atomic E-state index is -0.523. The highest BCUT2D eigenvalue weighted by molar-refractivity contribution is 5.88. The SMILES string of the molecule is O=C(CC(c1cccc(F)c1)c1cn(Cc2ccccc2)c2ccc([N+](=O)[O-])cc12)NCc1ccncc1. The molecule has 0 saturated heterocycles. The highest BCUT2D eigenvalue weighted by atomic mass is 19.1. The van der Waals surface area contributed by atoms with Crippen LogP contribution in [-0.4, -0.2) is 20.4 Å². The Bertz CT molecular complexity index is 1590. The fourth-order valence-electron chi connectivity index (χ4n) is 4.70. The van der Waals surface area contributed by atoms with E-state index in [4.69, 9.17) is 0 Å². The fraction of sp³-hybridized carbons (Fsp3) is 0.133. The molecular formula is C30H25FN4O3. The van der Waals surface area contributed by atoms with Crippen LogP contribution in [0.25, 0.3) is 10.9 Å². The van der Waals surface area contributed by atoms with Gasteiger partial charge < -0.3 is 9.88 Å². The van der Waals surface area contributed by atoms with Gasteiger partial charge in [-0.05, 0) is 52.6 Å². The zero-order valence-corrected chi connectivity index (χ0v) is 20.5. The van der Waals surface area contributed by atoms with Gasteiger partial charge in [-0.25, -0.2) is 4.39 Å². The molecule has 8 heteroatoms. The quantitative estimate of drug-likeness (QED) is 0.196. The van der Waals surface area contributed by atoms with Crippen LogP contribution in [0, 0.1) is 15.9 Å². The molecule has 5 rings (SSSR count). The number of carbonyl (C=O) groups is 1. The van der Waals surface area contributed by atoms with Crippen molar-refractivity contribution in [2.24, 2.45) is 0 Å². The number of nitrogens with one attached hydrogen (secondary N) is 1. The maximum absolute atomic E-state index is 14.3. The number of nitro benzene ring substituents is 1. The van der Waals surface area contributed by atoms with Crippen LogP contribution in [0.3, 0.4) is 0 Å². The third-order valence-electron chi connectivity index (χ3n) is 6.56. The summed E-state index contributed by atoms with van der Waals surface area (Å²) in [5, 5.41) is 15.2. The molecule has 1 N–H and O–H groups in total. The molecule has 0 bridgehead atoms. The molecule has 1 amide bonds. The molecule has 7 nitrogen and oxygen atoms in total. The summed E-state index contributed by atoms with van der Waals surface area (Å²) >= 11 is 0. The van der Waals surface area contributed by atoms with Gasteiger partial charge in [0.05, 0.1) is 4.92 Å². The normalized spacial score (nSPS) is 11.8. The summed E-state index contributed by atoms with van der Waals surface area (Å²) in [5.74, 6) is -1.15. The number of amides is 1. The number of fused-ring (bicyclic) bond motifs is 1. The van der Waals surface area contributed by atoms with Crippen molar-refractivity contribution in [3.05, 3.63) is 142 Å². The number of non-ortho nitro benzene ring substituents is 1. The molecule has 5 aromatic rings. The molecule has 2 heterocycles. The van der Waals surface area contributed by atoms with Gasteiger partial charge in [-0.15, -0.1) is 0 Å². The van der Waals surface area contributed by atoms with E-state index < -0.39 is 16.7 Å². The highest BCUT2D eigenvalue weighted by Gasteiger charge is 2.25. The molecule has 38 heavy (non-hydrogen) atoms. The predicted molar refractivity (Wildman–Crippen MR) is 143 cm³/mol. The summed E-state index contributed by atoms with van der Waals surface area (Å²) in [6.45, 7) is 0.873. The lowest BCUT2D eigenvalue weighted by Gasteiger charge is -2.17. The first-order valence-electron chi connectivity index (χ1n) is 12.2. The number of benzene rings is 3. The van der Waals surface area contributed by atoms with Crippen molar-refractivity contribution in [2.45, 2.75) is 25.4 Å². The van der Waals surface area contributed by atoms with E-state index in [0.29, 0.717) is 24.0 Å². The lowest BCUT2D eigenvalue weighted by Crippen LogP contribution is -2.25. The Kier molecular flexibility index (Phi) is 7.21. The van der Waals surface area contributed by atoms with E-state index >= 15 is 0 Å². The van der Waals surface area contributed by atoms with Crippen molar-refractivity contribution in [1.29, 1.82) is 0 Å². The fourth-order valence-corrected chi connectivity index (χ4v) is 4.70. The van der Waals surface area contributed by atoms with E-state index in [1.807, 2.05) is 53.2 Å². The number of halogens is 1. The van der Waals surface area contributed by atoms with Crippen molar-refractivity contribution in [2.75, 3.05) is 0 Å². The van der Waals surface area contributed by atoms with Gasteiger partial charge in [-0.1, -0.05) is 42.5 Å². The van der Waals surface area contributed by atoms with Crippen LogP contribution in [0.4, 0.5) is 10.1 Å². The summed E-state index contributed by atoms with van der Waals surface area (Å²) in [4.78, 5) is 28.3. The number of nitro groups is 1. The zero-order valence-electron chi connectivity index (χ0n) is 20.5.